The number of ether oxygens (including phenoxy) is 2. The number of nitrogens with one attached hydrogen (secondary N) is 1. The molecule has 0 unspecified atom stereocenters. The summed E-state index contributed by atoms with van der Waals surface area (Å²) in [4.78, 5) is 16.7. The Morgan fingerprint density at radius 1 is 1.16 bits per heavy atom. The number of carbonyl (C=O) groups is 1. The van der Waals surface area contributed by atoms with Gasteiger partial charge in [0.25, 0.3) is 0 Å². The quantitative estimate of drug-likeness (QED) is 0.580. The maximum atomic E-state index is 12.9. The van der Waals surface area contributed by atoms with Crippen LogP contribution in [0.25, 0.3) is 0 Å². The Hall–Kier alpha value is -2.70. The van der Waals surface area contributed by atoms with Crippen molar-refractivity contribution in [2.24, 2.45) is 0 Å². The smallest absolute Gasteiger partial charge is 0.228 e. The second-order valence-corrected chi connectivity index (χ2v) is 9.15. The maximum Gasteiger partial charge on any atom is 0.228 e. The molecule has 2 aliphatic rings. The van der Waals surface area contributed by atoms with Crippen LogP contribution in [0.2, 0.25) is 5.02 Å². The summed E-state index contributed by atoms with van der Waals surface area (Å²) < 4.78 is 11.4. The molecule has 0 aliphatic carbocycles. The van der Waals surface area contributed by atoms with Crippen LogP contribution in [0.5, 0.6) is 11.5 Å². The molecule has 31 heavy (non-hydrogen) atoms. The zero-order valence-corrected chi connectivity index (χ0v) is 18.6. The average Bonchev–Trinajstić information content (AvgIpc) is 3.10. The molecular formula is C24H23ClN2O3S. The zero-order chi connectivity index (χ0) is 21.2. The molecule has 3 heterocycles. The van der Waals surface area contributed by atoms with Crippen LogP contribution in [-0.4, -0.2) is 25.7 Å². The molecule has 5 rings (SSSR count). The number of halogens is 1. The Bertz CT molecular complexity index is 1110. The van der Waals surface area contributed by atoms with Crippen molar-refractivity contribution in [2.75, 3.05) is 30.0 Å². The maximum absolute atomic E-state index is 12.9. The summed E-state index contributed by atoms with van der Waals surface area (Å²) in [6.07, 6.45) is 2.05. The molecule has 2 aromatic carbocycles. The first-order chi connectivity index (χ1) is 15.2. The first-order valence-electron chi connectivity index (χ1n) is 10.4. The number of amides is 1. The first-order valence-corrected chi connectivity index (χ1v) is 11.7. The third kappa shape index (κ3) is 4.36. The minimum atomic E-state index is -0.0914. The summed E-state index contributed by atoms with van der Waals surface area (Å²) in [5.74, 6) is 1.07. The Morgan fingerprint density at radius 3 is 2.97 bits per heavy atom. The summed E-state index contributed by atoms with van der Waals surface area (Å²) >= 11 is 8.20. The largest absolute Gasteiger partial charge is 0.489 e. The molecule has 7 heteroatoms. The lowest BCUT2D eigenvalue weighted by Gasteiger charge is -2.30. The second kappa shape index (κ2) is 8.81. The van der Waals surface area contributed by atoms with Crippen LogP contribution in [0.15, 0.2) is 47.8 Å². The number of fused-ring (bicyclic) bond motifs is 2. The van der Waals surface area contributed by atoms with Crippen LogP contribution in [0, 0.1) is 0 Å². The van der Waals surface area contributed by atoms with Crippen LogP contribution >= 0.6 is 22.9 Å². The molecule has 3 aromatic rings. The highest BCUT2D eigenvalue weighted by molar-refractivity contribution is 7.10. The molecule has 160 valence electrons. The van der Waals surface area contributed by atoms with Crippen LogP contribution in [0.4, 0.5) is 11.4 Å². The van der Waals surface area contributed by atoms with Crippen molar-refractivity contribution in [2.45, 2.75) is 25.8 Å². The summed E-state index contributed by atoms with van der Waals surface area (Å²) in [5, 5.41) is 5.72. The van der Waals surface area contributed by atoms with Crippen molar-refractivity contribution in [3.63, 3.8) is 0 Å². The van der Waals surface area contributed by atoms with Crippen molar-refractivity contribution < 1.29 is 14.3 Å². The van der Waals surface area contributed by atoms with E-state index in [1.165, 1.54) is 10.4 Å². The molecule has 2 aliphatic heterocycles. The monoisotopic (exact) mass is 454 g/mol. The second-order valence-electron chi connectivity index (χ2n) is 7.74. The fourth-order valence-electron chi connectivity index (χ4n) is 4.08. The summed E-state index contributed by atoms with van der Waals surface area (Å²) in [6.45, 7) is 2.96. The molecule has 0 saturated heterocycles. The van der Waals surface area contributed by atoms with Gasteiger partial charge in [-0.25, -0.2) is 0 Å². The van der Waals surface area contributed by atoms with E-state index in [2.05, 4.69) is 27.7 Å². The molecule has 5 nitrogen and oxygen atoms in total. The predicted molar refractivity (Wildman–Crippen MR) is 125 cm³/mol. The minimum absolute atomic E-state index is 0.0914. The predicted octanol–water partition coefficient (Wildman–Crippen LogP) is 5.31. The van der Waals surface area contributed by atoms with E-state index in [0.717, 1.165) is 42.9 Å². The third-order valence-corrected chi connectivity index (χ3v) is 6.86. The van der Waals surface area contributed by atoms with E-state index in [-0.39, 0.29) is 12.3 Å². The van der Waals surface area contributed by atoms with Gasteiger partial charge < -0.3 is 19.7 Å². The van der Waals surface area contributed by atoms with E-state index < -0.39 is 0 Å². The number of nitrogens with zero attached hydrogens (tertiary/aromatic N) is 1. The minimum Gasteiger partial charge on any atom is -0.489 e. The Labute approximate surface area is 190 Å². The number of benzene rings is 2. The molecular weight excluding hydrogens is 432 g/mol. The van der Waals surface area contributed by atoms with Crippen molar-refractivity contribution in [3.8, 4) is 11.5 Å². The highest BCUT2D eigenvalue weighted by Gasteiger charge is 2.21. The number of hydrogen-bond acceptors (Lipinski definition) is 5. The van der Waals surface area contributed by atoms with E-state index in [1.807, 2.05) is 35.6 Å². The van der Waals surface area contributed by atoms with E-state index in [1.54, 1.807) is 6.07 Å². The van der Waals surface area contributed by atoms with Crippen molar-refractivity contribution in [1.82, 2.24) is 0 Å². The number of hydrogen-bond donors (Lipinski definition) is 1. The topological polar surface area (TPSA) is 50.8 Å². The summed E-state index contributed by atoms with van der Waals surface area (Å²) in [5.41, 5.74) is 4.04. The van der Waals surface area contributed by atoms with Crippen molar-refractivity contribution >= 4 is 40.2 Å². The van der Waals surface area contributed by atoms with Crippen LogP contribution in [0.3, 0.4) is 0 Å². The van der Waals surface area contributed by atoms with E-state index >= 15 is 0 Å². The van der Waals surface area contributed by atoms with Gasteiger partial charge in [0.15, 0.2) is 11.5 Å². The molecule has 1 N–H and O–H groups in total. The third-order valence-electron chi connectivity index (χ3n) is 5.55. The van der Waals surface area contributed by atoms with Gasteiger partial charge in [-0.15, -0.1) is 11.3 Å². The van der Waals surface area contributed by atoms with E-state index in [0.29, 0.717) is 29.7 Å². The highest BCUT2D eigenvalue weighted by atomic mass is 35.5. The van der Waals surface area contributed by atoms with Gasteiger partial charge in [-0.2, -0.15) is 0 Å². The number of carbonyl (C=O) groups excluding carboxylic acids is 1. The molecule has 0 saturated carbocycles. The van der Waals surface area contributed by atoms with Gasteiger partial charge in [-0.1, -0.05) is 23.7 Å². The number of thiophene rings is 1. The molecule has 0 fully saturated rings. The van der Waals surface area contributed by atoms with E-state index in [9.17, 15) is 4.79 Å². The fourth-order valence-corrected chi connectivity index (χ4v) is 5.25. The molecule has 0 radical (unpaired) electrons. The lowest BCUT2D eigenvalue weighted by molar-refractivity contribution is -0.115. The number of para-hydroxylation sites is 2. The standard InChI is InChI=1S/C24H23ClN2O3S/c25-18-12-16(13-21-24(18)30-10-3-9-29-21)14-23(28)26-19-4-1-2-5-20(19)27-8-6-22-17(15-27)7-11-31-22/h1-2,4-5,7,11-13H,3,6,8-10,14-15H2,(H,26,28). The molecule has 0 spiro atoms. The average molecular weight is 455 g/mol. The molecule has 1 amide bonds. The Balaban J connectivity index is 1.32. The fraction of sp³-hybridized carbons (Fsp3) is 0.292. The molecule has 0 bridgehead atoms. The summed E-state index contributed by atoms with van der Waals surface area (Å²) in [7, 11) is 0. The Morgan fingerprint density at radius 2 is 2.03 bits per heavy atom. The first kappa shape index (κ1) is 20.2. The lowest BCUT2D eigenvalue weighted by Crippen LogP contribution is -2.30. The van der Waals surface area contributed by atoms with Gasteiger partial charge >= 0.3 is 0 Å². The van der Waals surface area contributed by atoms with Gasteiger partial charge in [-0.05, 0) is 53.3 Å². The zero-order valence-electron chi connectivity index (χ0n) is 17.0. The molecule has 0 atom stereocenters. The van der Waals surface area contributed by atoms with Crippen molar-refractivity contribution in [3.05, 3.63) is 68.9 Å². The lowest BCUT2D eigenvalue weighted by atomic mass is 10.1. The van der Waals surface area contributed by atoms with Gasteiger partial charge in [-0.3, -0.25) is 4.79 Å². The number of anilines is 2. The normalized spacial score (nSPS) is 15.2. The van der Waals surface area contributed by atoms with Crippen molar-refractivity contribution in [1.29, 1.82) is 0 Å². The molecule has 1 aromatic heterocycles. The van der Waals surface area contributed by atoms with Gasteiger partial charge in [0.2, 0.25) is 5.91 Å². The van der Waals surface area contributed by atoms with Gasteiger partial charge in [0, 0.05) is 24.4 Å². The van der Waals surface area contributed by atoms with Gasteiger partial charge in [0.05, 0.1) is 36.0 Å². The van der Waals surface area contributed by atoms with E-state index in [4.69, 9.17) is 21.1 Å². The SMILES string of the molecule is O=C(Cc1cc(Cl)c2c(c1)OCCCO2)Nc1ccccc1N1CCc2sccc2C1. The van der Waals surface area contributed by atoms with Gasteiger partial charge in [0.1, 0.15) is 0 Å². The van der Waals surface area contributed by atoms with Crippen LogP contribution < -0.4 is 19.7 Å². The summed E-state index contributed by atoms with van der Waals surface area (Å²) in [6, 6.07) is 13.8. The number of rotatable bonds is 4. The Kier molecular flexibility index (Phi) is 5.74. The van der Waals surface area contributed by atoms with Crippen LogP contribution in [0.1, 0.15) is 22.4 Å². The highest BCUT2D eigenvalue weighted by Crippen LogP contribution is 2.38. The van der Waals surface area contributed by atoms with Crippen LogP contribution in [-0.2, 0) is 24.2 Å².